The summed E-state index contributed by atoms with van der Waals surface area (Å²) in [6, 6.07) is 15.6. The van der Waals surface area contributed by atoms with E-state index in [9.17, 15) is 5.11 Å². The molecule has 0 bridgehead atoms. The van der Waals surface area contributed by atoms with E-state index in [0.717, 1.165) is 25.8 Å². The maximum absolute atomic E-state index is 11.0. The molecule has 3 atom stereocenters. The highest BCUT2D eigenvalue weighted by atomic mass is 16.3. The maximum Gasteiger partial charge on any atom is 0.0702 e. The molecular weight excluding hydrogens is 270 g/mol. The molecule has 2 nitrogen and oxygen atoms in total. The minimum absolute atomic E-state index is 0.407. The zero-order valence-corrected chi connectivity index (χ0v) is 13.1. The SMILES string of the molecule is OC12CCCCC1C(Cc1cccc3ccccc13)NCC2. The van der Waals surface area contributed by atoms with Crippen LogP contribution in [0.2, 0.25) is 0 Å². The van der Waals surface area contributed by atoms with E-state index >= 15 is 0 Å². The van der Waals surface area contributed by atoms with Gasteiger partial charge in [0.1, 0.15) is 0 Å². The fourth-order valence-corrected chi connectivity index (χ4v) is 4.67. The Morgan fingerprint density at radius 3 is 2.86 bits per heavy atom. The van der Waals surface area contributed by atoms with Gasteiger partial charge in [-0.1, -0.05) is 55.3 Å². The minimum atomic E-state index is -0.418. The smallest absolute Gasteiger partial charge is 0.0702 e. The van der Waals surface area contributed by atoms with Crippen LogP contribution in [0.25, 0.3) is 10.8 Å². The van der Waals surface area contributed by atoms with Crippen molar-refractivity contribution in [2.24, 2.45) is 5.92 Å². The van der Waals surface area contributed by atoms with Gasteiger partial charge in [0.05, 0.1) is 5.60 Å². The second-order valence-corrected chi connectivity index (χ2v) is 7.11. The predicted molar refractivity (Wildman–Crippen MR) is 91.0 cm³/mol. The predicted octanol–water partition coefficient (Wildman–Crippen LogP) is 3.67. The summed E-state index contributed by atoms with van der Waals surface area (Å²) in [6.07, 6.45) is 6.55. The number of hydrogen-bond acceptors (Lipinski definition) is 2. The van der Waals surface area contributed by atoms with E-state index < -0.39 is 5.60 Å². The second-order valence-electron chi connectivity index (χ2n) is 7.11. The molecule has 1 aliphatic carbocycles. The van der Waals surface area contributed by atoms with Gasteiger partial charge in [-0.05, 0) is 48.6 Å². The summed E-state index contributed by atoms with van der Waals surface area (Å²) in [7, 11) is 0. The number of nitrogens with one attached hydrogen (secondary N) is 1. The van der Waals surface area contributed by atoms with E-state index in [4.69, 9.17) is 0 Å². The third-order valence-corrected chi connectivity index (χ3v) is 5.83. The molecule has 22 heavy (non-hydrogen) atoms. The average molecular weight is 295 g/mol. The molecule has 3 unspecified atom stereocenters. The van der Waals surface area contributed by atoms with Gasteiger partial charge in [-0.3, -0.25) is 0 Å². The Kier molecular flexibility index (Phi) is 3.67. The molecule has 0 radical (unpaired) electrons. The van der Waals surface area contributed by atoms with E-state index in [-0.39, 0.29) is 0 Å². The fraction of sp³-hybridized carbons (Fsp3) is 0.500. The quantitative estimate of drug-likeness (QED) is 0.886. The van der Waals surface area contributed by atoms with Crippen molar-refractivity contribution in [1.29, 1.82) is 0 Å². The summed E-state index contributed by atoms with van der Waals surface area (Å²) < 4.78 is 0. The first kappa shape index (κ1) is 14.2. The maximum atomic E-state index is 11.0. The summed E-state index contributed by atoms with van der Waals surface area (Å²) in [6.45, 7) is 0.947. The molecule has 0 spiro atoms. The van der Waals surface area contributed by atoms with Gasteiger partial charge >= 0.3 is 0 Å². The van der Waals surface area contributed by atoms with Crippen molar-refractivity contribution in [1.82, 2.24) is 5.32 Å². The van der Waals surface area contributed by atoms with Gasteiger partial charge in [0.15, 0.2) is 0 Å². The molecule has 1 saturated heterocycles. The van der Waals surface area contributed by atoms with Gasteiger partial charge in [0.2, 0.25) is 0 Å². The molecule has 1 saturated carbocycles. The van der Waals surface area contributed by atoms with Gasteiger partial charge in [-0.15, -0.1) is 0 Å². The highest BCUT2D eigenvalue weighted by Gasteiger charge is 2.45. The molecule has 2 fully saturated rings. The Morgan fingerprint density at radius 2 is 1.91 bits per heavy atom. The molecule has 2 heteroatoms. The Balaban J connectivity index is 1.64. The van der Waals surface area contributed by atoms with Crippen LogP contribution in [0.1, 0.15) is 37.7 Å². The van der Waals surface area contributed by atoms with Crippen LogP contribution in [0.15, 0.2) is 42.5 Å². The van der Waals surface area contributed by atoms with Gasteiger partial charge < -0.3 is 10.4 Å². The van der Waals surface area contributed by atoms with Crippen molar-refractivity contribution in [2.75, 3.05) is 6.54 Å². The van der Waals surface area contributed by atoms with Gasteiger partial charge in [-0.2, -0.15) is 0 Å². The van der Waals surface area contributed by atoms with Crippen molar-refractivity contribution in [3.63, 3.8) is 0 Å². The van der Waals surface area contributed by atoms with Crippen LogP contribution >= 0.6 is 0 Å². The number of piperidine rings is 1. The lowest BCUT2D eigenvalue weighted by molar-refractivity contribution is -0.0850. The van der Waals surface area contributed by atoms with Crippen LogP contribution in [-0.2, 0) is 6.42 Å². The lowest BCUT2D eigenvalue weighted by atomic mass is 9.67. The number of benzene rings is 2. The first-order valence-electron chi connectivity index (χ1n) is 8.69. The van der Waals surface area contributed by atoms with Crippen LogP contribution in [0.3, 0.4) is 0 Å². The van der Waals surface area contributed by atoms with Gasteiger partial charge in [-0.25, -0.2) is 0 Å². The first-order valence-corrected chi connectivity index (χ1v) is 8.69. The second kappa shape index (κ2) is 5.68. The molecule has 2 aliphatic rings. The summed E-state index contributed by atoms with van der Waals surface area (Å²) in [5, 5.41) is 17.4. The molecule has 4 rings (SSSR count). The Hall–Kier alpha value is -1.38. The largest absolute Gasteiger partial charge is 0.389 e. The van der Waals surface area contributed by atoms with Crippen molar-refractivity contribution in [3.8, 4) is 0 Å². The zero-order valence-electron chi connectivity index (χ0n) is 13.1. The van der Waals surface area contributed by atoms with Gasteiger partial charge in [0.25, 0.3) is 0 Å². The number of hydrogen-bond donors (Lipinski definition) is 2. The fourth-order valence-electron chi connectivity index (χ4n) is 4.67. The lowest BCUT2D eigenvalue weighted by Crippen LogP contribution is -2.58. The molecule has 1 aliphatic heterocycles. The standard InChI is InChI=1S/C20H25NO/c22-20-11-4-3-10-18(20)19(21-13-12-20)14-16-8-5-7-15-6-1-2-9-17(15)16/h1-2,5-9,18-19,21-22H,3-4,10-14H2. The average Bonchev–Trinajstić information content (AvgIpc) is 2.55. The molecule has 0 aromatic heterocycles. The highest BCUT2D eigenvalue weighted by Crippen LogP contribution is 2.41. The van der Waals surface area contributed by atoms with Crippen molar-refractivity contribution >= 4 is 10.8 Å². The van der Waals surface area contributed by atoms with E-state index in [1.54, 1.807) is 0 Å². The summed E-state index contributed by atoms with van der Waals surface area (Å²) in [5.41, 5.74) is 0.990. The molecule has 0 amide bonds. The molecular formula is C20H25NO. The van der Waals surface area contributed by atoms with Crippen molar-refractivity contribution in [3.05, 3.63) is 48.0 Å². The van der Waals surface area contributed by atoms with Crippen LogP contribution in [0.5, 0.6) is 0 Å². The van der Waals surface area contributed by atoms with E-state index in [2.05, 4.69) is 47.8 Å². The topological polar surface area (TPSA) is 32.3 Å². The van der Waals surface area contributed by atoms with Crippen molar-refractivity contribution < 1.29 is 5.11 Å². The molecule has 2 N–H and O–H groups in total. The van der Waals surface area contributed by atoms with E-state index in [1.807, 2.05) is 0 Å². The summed E-state index contributed by atoms with van der Waals surface area (Å²) >= 11 is 0. The number of fused-ring (bicyclic) bond motifs is 2. The Morgan fingerprint density at radius 1 is 1.05 bits per heavy atom. The van der Waals surface area contributed by atoms with Crippen LogP contribution in [0.4, 0.5) is 0 Å². The monoisotopic (exact) mass is 295 g/mol. The molecule has 1 heterocycles. The number of aliphatic hydroxyl groups is 1. The number of rotatable bonds is 2. The minimum Gasteiger partial charge on any atom is -0.389 e. The van der Waals surface area contributed by atoms with E-state index in [1.165, 1.54) is 35.6 Å². The molecule has 116 valence electrons. The van der Waals surface area contributed by atoms with Crippen LogP contribution in [-0.4, -0.2) is 23.3 Å². The Bertz CT molecular complexity index is 658. The Labute approximate surface area is 132 Å². The molecule has 2 aromatic carbocycles. The molecule has 2 aromatic rings. The normalized spacial score (nSPS) is 31.9. The zero-order chi connectivity index (χ0) is 15.0. The van der Waals surface area contributed by atoms with E-state index in [0.29, 0.717) is 12.0 Å². The van der Waals surface area contributed by atoms with Gasteiger partial charge in [0, 0.05) is 12.0 Å². The summed E-state index contributed by atoms with van der Waals surface area (Å²) in [4.78, 5) is 0. The van der Waals surface area contributed by atoms with Crippen molar-refractivity contribution in [2.45, 2.75) is 50.2 Å². The highest BCUT2D eigenvalue weighted by molar-refractivity contribution is 5.85. The third kappa shape index (κ3) is 2.45. The lowest BCUT2D eigenvalue weighted by Gasteiger charge is -2.48. The van der Waals surface area contributed by atoms with Crippen LogP contribution in [0, 0.1) is 5.92 Å². The first-order chi connectivity index (χ1) is 10.8. The van der Waals surface area contributed by atoms with Crippen LogP contribution < -0.4 is 5.32 Å². The summed E-state index contributed by atoms with van der Waals surface area (Å²) in [5.74, 6) is 0.411. The third-order valence-electron chi connectivity index (χ3n) is 5.83.